The van der Waals surface area contributed by atoms with Crippen LogP contribution in [0.25, 0.3) is 10.1 Å². The molecule has 102 valence electrons. The molecule has 0 aliphatic carbocycles. The molecule has 0 unspecified atom stereocenters. The summed E-state index contributed by atoms with van der Waals surface area (Å²) in [6.45, 7) is 1.88. The summed E-state index contributed by atoms with van der Waals surface area (Å²) in [6, 6.07) is 7.51. The van der Waals surface area contributed by atoms with E-state index >= 15 is 0 Å². The van der Waals surface area contributed by atoms with E-state index in [0.29, 0.717) is 9.90 Å². The Kier molecular flexibility index (Phi) is 4.12. The first-order valence-electron chi connectivity index (χ1n) is 5.95. The molecule has 0 N–H and O–H groups in total. The van der Waals surface area contributed by atoms with Crippen molar-refractivity contribution in [3.63, 3.8) is 0 Å². The highest BCUT2D eigenvalue weighted by Gasteiger charge is 2.19. The van der Waals surface area contributed by atoms with Crippen LogP contribution in [0.2, 0.25) is 5.02 Å². The van der Waals surface area contributed by atoms with Gasteiger partial charge in [-0.25, -0.2) is 0 Å². The highest BCUT2D eigenvalue weighted by molar-refractivity contribution is 7.21. The Morgan fingerprint density at radius 2 is 2.15 bits per heavy atom. The van der Waals surface area contributed by atoms with E-state index in [1.54, 1.807) is 31.3 Å². The first-order chi connectivity index (χ1) is 9.43. The molecule has 20 heavy (non-hydrogen) atoms. The van der Waals surface area contributed by atoms with Gasteiger partial charge in [-0.2, -0.15) is 5.26 Å². The molecule has 0 aliphatic rings. The van der Waals surface area contributed by atoms with Crippen LogP contribution in [0.1, 0.15) is 15.2 Å². The van der Waals surface area contributed by atoms with E-state index in [9.17, 15) is 4.79 Å². The molecule has 1 aromatic carbocycles. The summed E-state index contributed by atoms with van der Waals surface area (Å²) in [7, 11) is 3.56. The normalized spacial score (nSPS) is 11.4. The molecule has 0 saturated carbocycles. The Labute approximate surface area is 126 Å². The molecule has 1 aromatic heterocycles. The summed E-state index contributed by atoms with van der Waals surface area (Å²) in [5.74, 6) is -0.240. The molecule has 0 amide bonds. The van der Waals surface area contributed by atoms with Crippen molar-refractivity contribution in [1.82, 2.24) is 4.90 Å². The van der Waals surface area contributed by atoms with Gasteiger partial charge in [-0.1, -0.05) is 11.6 Å². The lowest BCUT2D eigenvalue weighted by Crippen LogP contribution is -2.08. The minimum atomic E-state index is -0.240. The predicted octanol–water partition coefficient (Wildman–Crippen LogP) is 4.01. The van der Waals surface area contributed by atoms with E-state index in [2.05, 4.69) is 0 Å². The summed E-state index contributed by atoms with van der Waals surface area (Å²) in [5.41, 5.74) is 1.01. The molecule has 0 bridgehead atoms. The predicted molar refractivity (Wildman–Crippen MR) is 83.3 cm³/mol. The number of allylic oxidation sites excluding steroid dienone is 1. The monoisotopic (exact) mass is 304 g/mol. The van der Waals surface area contributed by atoms with Crippen LogP contribution in [-0.2, 0) is 0 Å². The fraction of sp³-hybridized carbons (Fsp3) is 0.200. The maximum atomic E-state index is 12.4. The minimum absolute atomic E-state index is 0.135. The molecule has 0 saturated heterocycles. The lowest BCUT2D eigenvalue weighted by atomic mass is 10.1. The zero-order valence-electron chi connectivity index (χ0n) is 11.4. The highest BCUT2D eigenvalue weighted by atomic mass is 35.5. The molecule has 1 heterocycles. The SMILES string of the molecule is Cc1c(C(=O)/C(C#N)=C/N(C)C)sc2ccc(Cl)cc12. The van der Waals surface area contributed by atoms with E-state index < -0.39 is 0 Å². The molecule has 0 spiro atoms. The first kappa shape index (κ1) is 14.6. The van der Waals surface area contributed by atoms with Crippen molar-refractivity contribution in [2.75, 3.05) is 14.1 Å². The number of fused-ring (bicyclic) bond motifs is 1. The van der Waals surface area contributed by atoms with Crippen LogP contribution >= 0.6 is 22.9 Å². The fourth-order valence-electron chi connectivity index (χ4n) is 1.93. The van der Waals surface area contributed by atoms with E-state index in [1.807, 2.05) is 25.1 Å². The molecule has 2 rings (SSSR count). The summed E-state index contributed by atoms with van der Waals surface area (Å²) < 4.78 is 0.998. The van der Waals surface area contributed by atoms with Crippen molar-refractivity contribution in [3.05, 3.63) is 45.4 Å². The molecular weight excluding hydrogens is 292 g/mol. The molecule has 0 fully saturated rings. The van der Waals surface area contributed by atoms with Gasteiger partial charge in [-0.3, -0.25) is 4.79 Å². The van der Waals surface area contributed by atoms with Crippen molar-refractivity contribution in [1.29, 1.82) is 5.26 Å². The zero-order chi connectivity index (χ0) is 14.9. The lowest BCUT2D eigenvalue weighted by Gasteiger charge is -2.05. The number of Topliss-reactive ketones (excluding diaryl/α,β-unsaturated/α-hetero) is 1. The van der Waals surface area contributed by atoms with Crippen LogP contribution in [-0.4, -0.2) is 24.8 Å². The van der Waals surface area contributed by atoms with Gasteiger partial charge >= 0.3 is 0 Å². The second-order valence-corrected chi connectivity index (χ2v) is 6.13. The largest absolute Gasteiger partial charge is 0.382 e. The van der Waals surface area contributed by atoms with Gasteiger partial charge in [0.1, 0.15) is 11.6 Å². The number of ketones is 1. The molecule has 3 nitrogen and oxygen atoms in total. The van der Waals surface area contributed by atoms with E-state index in [4.69, 9.17) is 16.9 Å². The maximum Gasteiger partial charge on any atom is 0.215 e. The number of hydrogen-bond acceptors (Lipinski definition) is 4. The molecule has 0 aliphatic heterocycles. The fourth-order valence-corrected chi connectivity index (χ4v) is 3.24. The average Bonchev–Trinajstić information content (AvgIpc) is 2.72. The van der Waals surface area contributed by atoms with E-state index in [1.165, 1.54) is 11.3 Å². The Balaban J connectivity index is 2.56. The van der Waals surface area contributed by atoms with Gasteiger partial charge < -0.3 is 4.90 Å². The average molecular weight is 305 g/mol. The van der Waals surface area contributed by atoms with Gasteiger partial charge in [0.25, 0.3) is 0 Å². The van der Waals surface area contributed by atoms with Crippen molar-refractivity contribution in [3.8, 4) is 6.07 Å². The van der Waals surface area contributed by atoms with Crippen molar-refractivity contribution in [2.45, 2.75) is 6.92 Å². The van der Waals surface area contributed by atoms with Gasteiger partial charge in [0.15, 0.2) is 0 Å². The molecule has 0 radical (unpaired) electrons. The lowest BCUT2D eigenvalue weighted by molar-refractivity contribution is 0.104. The minimum Gasteiger partial charge on any atom is -0.382 e. The Morgan fingerprint density at radius 1 is 1.45 bits per heavy atom. The highest BCUT2D eigenvalue weighted by Crippen LogP contribution is 2.33. The summed E-state index contributed by atoms with van der Waals surface area (Å²) in [4.78, 5) is 14.7. The number of nitrogens with zero attached hydrogens (tertiary/aromatic N) is 2. The molecular formula is C15H13ClN2OS. The number of benzene rings is 1. The first-order valence-corrected chi connectivity index (χ1v) is 7.15. The van der Waals surface area contributed by atoms with Gasteiger partial charge in [0.05, 0.1) is 4.88 Å². The van der Waals surface area contributed by atoms with Crippen molar-refractivity contribution < 1.29 is 4.79 Å². The van der Waals surface area contributed by atoms with Gasteiger partial charge in [0.2, 0.25) is 5.78 Å². The third-order valence-corrected chi connectivity index (χ3v) is 4.36. The van der Waals surface area contributed by atoms with Crippen LogP contribution in [0.15, 0.2) is 30.0 Å². The van der Waals surface area contributed by atoms with Crippen molar-refractivity contribution in [2.24, 2.45) is 0 Å². The van der Waals surface area contributed by atoms with Crippen LogP contribution < -0.4 is 0 Å². The molecule has 5 heteroatoms. The van der Waals surface area contributed by atoms with E-state index in [0.717, 1.165) is 15.6 Å². The van der Waals surface area contributed by atoms with Gasteiger partial charge in [-0.05, 0) is 36.1 Å². The van der Waals surface area contributed by atoms with Gasteiger partial charge in [0, 0.05) is 30.0 Å². The second kappa shape index (κ2) is 5.66. The van der Waals surface area contributed by atoms with Crippen LogP contribution in [0, 0.1) is 18.3 Å². The van der Waals surface area contributed by atoms with Crippen LogP contribution in [0.3, 0.4) is 0 Å². The number of halogens is 1. The quantitative estimate of drug-likeness (QED) is 0.489. The Hall–Kier alpha value is -1.83. The van der Waals surface area contributed by atoms with Crippen LogP contribution in [0.5, 0.6) is 0 Å². The second-order valence-electron chi connectivity index (χ2n) is 4.64. The standard InChI is InChI=1S/C15H13ClN2OS/c1-9-12-6-11(16)4-5-13(12)20-15(9)14(19)10(7-17)8-18(2)3/h4-6,8H,1-3H3/b10-8+. The Bertz CT molecular complexity index is 753. The van der Waals surface area contributed by atoms with E-state index in [-0.39, 0.29) is 11.4 Å². The third kappa shape index (κ3) is 2.69. The summed E-state index contributed by atoms with van der Waals surface area (Å²) in [6.07, 6.45) is 1.54. The van der Waals surface area contributed by atoms with Crippen LogP contribution in [0.4, 0.5) is 0 Å². The number of aryl methyl sites for hydroxylation is 1. The number of thiophene rings is 1. The Morgan fingerprint density at radius 3 is 2.75 bits per heavy atom. The number of carbonyl (C=O) groups is 1. The molecule has 2 aromatic rings. The third-order valence-electron chi connectivity index (χ3n) is 2.86. The molecule has 0 atom stereocenters. The number of rotatable bonds is 3. The summed E-state index contributed by atoms with van der Waals surface area (Å²) >= 11 is 7.38. The number of hydrogen-bond donors (Lipinski definition) is 0. The van der Waals surface area contributed by atoms with Crippen molar-refractivity contribution >= 4 is 38.8 Å². The van der Waals surface area contributed by atoms with Gasteiger partial charge in [-0.15, -0.1) is 11.3 Å². The smallest absolute Gasteiger partial charge is 0.215 e. The maximum absolute atomic E-state index is 12.4. The summed E-state index contributed by atoms with van der Waals surface area (Å²) in [5, 5.41) is 10.7. The number of nitriles is 1. The number of carbonyl (C=O) groups excluding carboxylic acids is 1. The zero-order valence-corrected chi connectivity index (χ0v) is 13.0. The topological polar surface area (TPSA) is 44.1 Å².